The number of nitrogens with two attached hydrogens (primary N) is 1. The summed E-state index contributed by atoms with van der Waals surface area (Å²) in [5, 5.41) is 0. The van der Waals surface area contributed by atoms with E-state index in [1.165, 1.54) is 31.5 Å². The fourth-order valence-electron chi connectivity index (χ4n) is 2.49. The van der Waals surface area contributed by atoms with Gasteiger partial charge in [0.25, 0.3) is 0 Å². The Morgan fingerprint density at radius 1 is 1.53 bits per heavy atom. The van der Waals surface area contributed by atoms with Crippen LogP contribution in [0.5, 0.6) is 0 Å². The Labute approximate surface area is 104 Å². The van der Waals surface area contributed by atoms with E-state index in [0.717, 1.165) is 18.2 Å². The summed E-state index contributed by atoms with van der Waals surface area (Å²) in [5.41, 5.74) is 8.02. The molecule has 0 bridgehead atoms. The number of hydrogen-bond donors (Lipinski definition) is 1. The monoisotopic (exact) mass is 233 g/mol. The Kier molecular flexibility index (Phi) is 4.00. The van der Waals surface area contributed by atoms with Crippen LogP contribution in [0, 0.1) is 5.92 Å². The number of piperidine rings is 1. The molecule has 1 fully saturated rings. The molecule has 3 heteroatoms. The first-order chi connectivity index (χ1) is 8.20. The minimum absolute atomic E-state index is 0.0220. The van der Waals surface area contributed by atoms with E-state index in [1.807, 2.05) is 13.1 Å². The van der Waals surface area contributed by atoms with E-state index in [1.54, 1.807) is 0 Å². The Bertz CT molecular complexity index is 345. The smallest absolute Gasteiger partial charge is 0.0569 e. The van der Waals surface area contributed by atoms with E-state index in [-0.39, 0.29) is 6.04 Å². The molecule has 3 nitrogen and oxygen atoms in total. The van der Waals surface area contributed by atoms with Crippen molar-refractivity contribution in [1.29, 1.82) is 0 Å². The molecule has 1 aliphatic rings. The highest BCUT2D eigenvalue weighted by atomic mass is 15.1. The maximum Gasteiger partial charge on any atom is 0.0569 e. The molecule has 2 heterocycles. The summed E-state index contributed by atoms with van der Waals surface area (Å²) in [4.78, 5) is 6.89. The van der Waals surface area contributed by atoms with Crippen LogP contribution >= 0.6 is 0 Å². The average Bonchev–Trinajstić information content (AvgIpc) is 2.39. The third kappa shape index (κ3) is 2.97. The highest BCUT2D eigenvalue weighted by molar-refractivity contribution is 5.45. The van der Waals surface area contributed by atoms with Gasteiger partial charge in [0.2, 0.25) is 0 Å². The molecule has 17 heavy (non-hydrogen) atoms. The van der Waals surface area contributed by atoms with Gasteiger partial charge in [-0.25, -0.2) is 0 Å². The Morgan fingerprint density at radius 3 is 2.94 bits per heavy atom. The number of rotatable bonds is 3. The molecule has 0 aliphatic carbocycles. The molecule has 2 N–H and O–H groups in total. The molecule has 0 spiro atoms. The molecule has 0 radical (unpaired) electrons. The lowest BCUT2D eigenvalue weighted by Gasteiger charge is -2.33. The van der Waals surface area contributed by atoms with Crippen LogP contribution in [0.4, 0.5) is 5.69 Å². The van der Waals surface area contributed by atoms with Crippen LogP contribution in [-0.2, 0) is 0 Å². The maximum absolute atomic E-state index is 5.81. The van der Waals surface area contributed by atoms with E-state index in [9.17, 15) is 0 Å². The highest BCUT2D eigenvalue weighted by Crippen LogP contribution is 2.24. The minimum atomic E-state index is 0.0220. The van der Waals surface area contributed by atoms with Gasteiger partial charge in [0.05, 0.1) is 17.6 Å². The molecule has 0 aromatic carbocycles. The van der Waals surface area contributed by atoms with Gasteiger partial charge >= 0.3 is 0 Å². The molecule has 94 valence electrons. The van der Waals surface area contributed by atoms with Gasteiger partial charge < -0.3 is 10.6 Å². The Hall–Kier alpha value is -1.09. The fraction of sp³-hybridized carbons (Fsp3) is 0.643. The predicted octanol–water partition coefficient (Wildman–Crippen LogP) is 2.73. The number of aromatic nitrogens is 1. The predicted molar refractivity (Wildman–Crippen MR) is 72.1 cm³/mol. The third-order valence-electron chi connectivity index (χ3n) is 3.70. The largest absolute Gasteiger partial charge is 0.370 e. The van der Waals surface area contributed by atoms with Crippen molar-refractivity contribution in [3.63, 3.8) is 0 Å². The highest BCUT2D eigenvalue weighted by Gasteiger charge is 2.18. The molecule has 2 atom stereocenters. The normalized spacial score (nSPS) is 22.5. The summed E-state index contributed by atoms with van der Waals surface area (Å²) in [6, 6.07) is 4.23. The second-order valence-electron chi connectivity index (χ2n) is 5.09. The van der Waals surface area contributed by atoms with Crippen LogP contribution in [0.1, 0.15) is 44.8 Å². The van der Waals surface area contributed by atoms with Crippen molar-refractivity contribution in [2.24, 2.45) is 11.7 Å². The molecule has 0 saturated carbocycles. The fourth-order valence-corrected chi connectivity index (χ4v) is 2.49. The third-order valence-corrected chi connectivity index (χ3v) is 3.70. The summed E-state index contributed by atoms with van der Waals surface area (Å²) in [7, 11) is 0. The van der Waals surface area contributed by atoms with Gasteiger partial charge in [0.15, 0.2) is 0 Å². The first-order valence-electron chi connectivity index (χ1n) is 6.67. The maximum atomic E-state index is 5.81. The lowest BCUT2D eigenvalue weighted by Crippen LogP contribution is -2.35. The quantitative estimate of drug-likeness (QED) is 0.873. The molecular weight excluding hydrogens is 210 g/mol. The van der Waals surface area contributed by atoms with Gasteiger partial charge in [-0.1, -0.05) is 13.3 Å². The van der Waals surface area contributed by atoms with Crippen LogP contribution < -0.4 is 10.6 Å². The van der Waals surface area contributed by atoms with Crippen molar-refractivity contribution in [2.45, 2.75) is 39.2 Å². The van der Waals surface area contributed by atoms with Gasteiger partial charge in [-0.05, 0) is 37.8 Å². The summed E-state index contributed by atoms with van der Waals surface area (Å²) < 4.78 is 0. The topological polar surface area (TPSA) is 42.1 Å². The molecule has 1 aromatic heterocycles. The summed E-state index contributed by atoms with van der Waals surface area (Å²) >= 11 is 0. The van der Waals surface area contributed by atoms with Crippen LogP contribution in [0.3, 0.4) is 0 Å². The van der Waals surface area contributed by atoms with Gasteiger partial charge in [0.1, 0.15) is 0 Å². The van der Waals surface area contributed by atoms with Crippen molar-refractivity contribution in [1.82, 2.24) is 4.98 Å². The zero-order valence-electron chi connectivity index (χ0n) is 10.9. The van der Waals surface area contributed by atoms with Crippen molar-refractivity contribution < 1.29 is 0 Å². The van der Waals surface area contributed by atoms with Crippen LogP contribution in [0.2, 0.25) is 0 Å². The van der Waals surface area contributed by atoms with Gasteiger partial charge in [-0.3, -0.25) is 4.98 Å². The van der Waals surface area contributed by atoms with Crippen LogP contribution in [0.15, 0.2) is 18.3 Å². The second-order valence-corrected chi connectivity index (χ2v) is 5.09. The second kappa shape index (κ2) is 5.50. The number of pyridine rings is 1. The molecule has 1 aromatic rings. The summed E-state index contributed by atoms with van der Waals surface area (Å²) in [5.74, 6) is 0.844. The van der Waals surface area contributed by atoms with E-state index >= 15 is 0 Å². The summed E-state index contributed by atoms with van der Waals surface area (Å²) in [6.07, 6.45) is 5.92. The zero-order valence-corrected chi connectivity index (χ0v) is 10.9. The number of nitrogens with zero attached hydrogens (tertiary/aromatic N) is 2. The van der Waals surface area contributed by atoms with Crippen LogP contribution in [-0.4, -0.2) is 18.1 Å². The lowest BCUT2D eigenvalue weighted by molar-refractivity contribution is 0.404. The molecule has 0 amide bonds. The minimum Gasteiger partial charge on any atom is -0.370 e. The molecular formula is C14H23N3. The number of hydrogen-bond acceptors (Lipinski definition) is 3. The molecule has 2 unspecified atom stereocenters. The van der Waals surface area contributed by atoms with E-state index in [0.29, 0.717) is 0 Å². The van der Waals surface area contributed by atoms with Gasteiger partial charge in [-0.2, -0.15) is 0 Å². The Balaban J connectivity index is 2.06. The van der Waals surface area contributed by atoms with Crippen molar-refractivity contribution >= 4 is 5.69 Å². The summed E-state index contributed by atoms with van der Waals surface area (Å²) in [6.45, 7) is 6.59. The number of anilines is 1. The van der Waals surface area contributed by atoms with Crippen molar-refractivity contribution in [2.75, 3.05) is 18.0 Å². The molecule has 1 saturated heterocycles. The van der Waals surface area contributed by atoms with Crippen molar-refractivity contribution in [3.8, 4) is 0 Å². The van der Waals surface area contributed by atoms with Crippen LogP contribution in [0.25, 0.3) is 0 Å². The standard InChI is InChI=1S/C14H23N3/c1-3-12-5-4-8-17(10-12)13-6-7-14(11(2)15)16-9-13/h6-7,9,11-12H,3-5,8,10,15H2,1-2H3. The van der Waals surface area contributed by atoms with E-state index in [2.05, 4.69) is 28.9 Å². The zero-order chi connectivity index (χ0) is 12.3. The average molecular weight is 233 g/mol. The lowest BCUT2D eigenvalue weighted by atomic mass is 9.95. The SMILES string of the molecule is CCC1CCCN(c2ccc(C(C)N)nc2)C1. The van der Waals surface area contributed by atoms with Gasteiger partial charge in [-0.15, -0.1) is 0 Å². The van der Waals surface area contributed by atoms with E-state index in [4.69, 9.17) is 5.73 Å². The van der Waals surface area contributed by atoms with Gasteiger partial charge in [0, 0.05) is 19.1 Å². The first kappa shape index (κ1) is 12.4. The molecule has 2 rings (SSSR count). The van der Waals surface area contributed by atoms with Crippen molar-refractivity contribution in [3.05, 3.63) is 24.0 Å². The van der Waals surface area contributed by atoms with E-state index < -0.39 is 0 Å². The Morgan fingerprint density at radius 2 is 2.35 bits per heavy atom. The first-order valence-corrected chi connectivity index (χ1v) is 6.67. The molecule has 1 aliphatic heterocycles.